The second-order valence-electron chi connectivity index (χ2n) is 3.98. The van der Waals surface area contributed by atoms with E-state index in [0.29, 0.717) is 30.7 Å². The molecule has 0 saturated heterocycles. The number of nitrogens with one attached hydrogen (secondary N) is 1. The van der Waals surface area contributed by atoms with Crippen LogP contribution in [0.3, 0.4) is 0 Å². The number of ether oxygens (including phenoxy) is 1. The molecule has 0 aliphatic carbocycles. The number of rotatable bonds is 5. The van der Waals surface area contributed by atoms with Crippen LogP contribution in [-0.4, -0.2) is 22.2 Å². The standard InChI is InChI=1S/C12H20N2O3/c1-5-8-9(15)13-11(14-10(8)16)12(6-2,7-3)17-4/h5-7H2,1-4H3,(H2,13,14,15,16). The fourth-order valence-corrected chi connectivity index (χ4v) is 1.99. The number of hydrogen-bond donors (Lipinski definition) is 2. The van der Waals surface area contributed by atoms with Crippen molar-refractivity contribution < 1.29 is 9.84 Å². The van der Waals surface area contributed by atoms with Crippen molar-refractivity contribution in [3.05, 3.63) is 21.7 Å². The molecule has 1 aromatic rings. The number of methoxy groups -OCH3 is 1. The van der Waals surface area contributed by atoms with Gasteiger partial charge in [-0.1, -0.05) is 20.8 Å². The predicted octanol–water partition coefficient (Wildman–Crippen LogP) is 1.70. The van der Waals surface area contributed by atoms with E-state index in [1.54, 1.807) is 14.0 Å². The van der Waals surface area contributed by atoms with Crippen molar-refractivity contribution in [2.24, 2.45) is 0 Å². The van der Waals surface area contributed by atoms with Crippen LogP contribution in [0.1, 0.15) is 45.0 Å². The number of H-pyrrole nitrogens is 1. The van der Waals surface area contributed by atoms with Crippen LogP contribution in [-0.2, 0) is 16.8 Å². The zero-order chi connectivity index (χ0) is 13.1. The lowest BCUT2D eigenvalue weighted by Gasteiger charge is -2.28. The average Bonchev–Trinajstić information content (AvgIpc) is 2.32. The van der Waals surface area contributed by atoms with E-state index in [9.17, 15) is 9.90 Å². The molecule has 1 heterocycles. The second kappa shape index (κ2) is 5.31. The molecular weight excluding hydrogens is 220 g/mol. The summed E-state index contributed by atoms with van der Waals surface area (Å²) in [6.07, 6.45) is 1.80. The third-order valence-electron chi connectivity index (χ3n) is 3.31. The maximum Gasteiger partial charge on any atom is 0.258 e. The van der Waals surface area contributed by atoms with Crippen LogP contribution in [0, 0.1) is 0 Å². The van der Waals surface area contributed by atoms with Crippen molar-refractivity contribution in [3.8, 4) is 5.88 Å². The Labute approximate surface area is 101 Å². The first kappa shape index (κ1) is 13.7. The van der Waals surface area contributed by atoms with Gasteiger partial charge in [-0.25, -0.2) is 0 Å². The predicted molar refractivity (Wildman–Crippen MR) is 65.2 cm³/mol. The summed E-state index contributed by atoms with van der Waals surface area (Å²) in [5.41, 5.74) is -0.618. The first-order chi connectivity index (χ1) is 8.04. The van der Waals surface area contributed by atoms with E-state index in [-0.39, 0.29) is 11.4 Å². The molecule has 0 aliphatic rings. The van der Waals surface area contributed by atoms with E-state index in [1.807, 2.05) is 13.8 Å². The van der Waals surface area contributed by atoms with Crippen molar-refractivity contribution >= 4 is 0 Å². The van der Waals surface area contributed by atoms with Gasteiger partial charge in [-0.15, -0.1) is 0 Å². The molecular formula is C12H20N2O3. The minimum atomic E-state index is -0.636. The van der Waals surface area contributed by atoms with Crippen LogP contribution in [0.4, 0.5) is 0 Å². The molecule has 17 heavy (non-hydrogen) atoms. The van der Waals surface area contributed by atoms with Gasteiger partial charge in [0.05, 0.1) is 5.56 Å². The van der Waals surface area contributed by atoms with Gasteiger partial charge in [0, 0.05) is 7.11 Å². The van der Waals surface area contributed by atoms with Gasteiger partial charge in [0.1, 0.15) is 11.4 Å². The van der Waals surface area contributed by atoms with E-state index in [1.165, 1.54) is 0 Å². The monoisotopic (exact) mass is 240 g/mol. The number of hydrogen-bond acceptors (Lipinski definition) is 4. The molecule has 0 atom stereocenters. The number of nitrogens with zero attached hydrogens (tertiary/aromatic N) is 1. The molecule has 1 rings (SSSR count). The number of aromatic amines is 1. The summed E-state index contributed by atoms with van der Waals surface area (Å²) in [6.45, 7) is 5.71. The summed E-state index contributed by atoms with van der Waals surface area (Å²) in [5, 5.41) is 9.74. The highest BCUT2D eigenvalue weighted by Gasteiger charge is 2.31. The molecule has 96 valence electrons. The maximum atomic E-state index is 11.8. The molecule has 0 spiro atoms. The lowest BCUT2D eigenvalue weighted by Crippen LogP contribution is -2.32. The van der Waals surface area contributed by atoms with E-state index < -0.39 is 5.60 Å². The van der Waals surface area contributed by atoms with Gasteiger partial charge in [0.15, 0.2) is 0 Å². The molecule has 5 nitrogen and oxygen atoms in total. The first-order valence-corrected chi connectivity index (χ1v) is 5.92. The van der Waals surface area contributed by atoms with Crippen LogP contribution >= 0.6 is 0 Å². The zero-order valence-electron chi connectivity index (χ0n) is 10.8. The minimum Gasteiger partial charge on any atom is -0.493 e. The van der Waals surface area contributed by atoms with Gasteiger partial charge in [-0.05, 0) is 19.3 Å². The van der Waals surface area contributed by atoms with E-state index in [0.717, 1.165) is 0 Å². The Morgan fingerprint density at radius 2 is 1.94 bits per heavy atom. The Morgan fingerprint density at radius 3 is 2.29 bits per heavy atom. The Bertz CT molecular complexity index is 428. The molecule has 0 saturated carbocycles. The fourth-order valence-electron chi connectivity index (χ4n) is 1.99. The Morgan fingerprint density at radius 1 is 1.35 bits per heavy atom. The lowest BCUT2D eigenvalue weighted by atomic mass is 9.96. The second-order valence-corrected chi connectivity index (χ2v) is 3.98. The minimum absolute atomic E-state index is 0.199. The highest BCUT2D eigenvalue weighted by molar-refractivity contribution is 5.23. The summed E-state index contributed by atoms with van der Waals surface area (Å²) in [7, 11) is 1.58. The smallest absolute Gasteiger partial charge is 0.258 e. The average molecular weight is 240 g/mol. The van der Waals surface area contributed by atoms with Crippen LogP contribution < -0.4 is 5.56 Å². The Balaban J connectivity index is 3.37. The van der Waals surface area contributed by atoms with Crippen LogP contribution in [0.2, 0.25) is 0 Å². The normalized spacial score (nSPS) is 11.8. The zero-order valence-corrected chi connectivity index (χ0v) is 10.8. The van der Waals surface area contributed by atoms with Crippen LogP contribution in [0.15, 0.2) is 4.79 Å². The van der Waals surface area contributed by atoms with Crippen molar-refractivity contribution in [2.45, 2.75) is 45.6 Å². The molecule has 0 amide bonds. The number of aromatic nitrogens is 2. The molecule has 0 bridgehead atoms. The molecule has 0 aliphatic heterocycles. The third kappa shape index (κ3) is 2.34. The SMILES string of the molecule is CCc1c(O)nc(C(CC)(CC)OC)[nH]c1=O. The Hall–Kier alpha value is -1.36. The summed E-state index contributed by atoms with van der Waals surface area (Å²) in [6, 6.07) is 0. The van der Waals surface area contributed by atoms with E-state index >= 15 is 0 Å². The Kier molecular flexibility index (Phi) is 4.28. The van der Waals surface area contributed by atoms with Gasteiger partial charge in [0.2, 0.25) is 5.88 Å². The molecule has 2 N–H and O–H groups in total. The summed E-state index contributed by atoms with van der Waals surface area (Å²) in [5.74, 6) is 0.194. The van der Waals surface area contributed by atoms with Crippen molar-refractivity contribution in [3.63, 3.8) is 0 Å². The summed E-state index contributed by atoms with van der Waals surface area (Å²) >= 11 is 0. The van der Waals surface area contributed by atoms with Crippen LogP contribution in [0.25, 0.3) is 0 Å². The van der Waals surface area contributed by atoms with Gasteiger partial charge in [0.25, 0.3) is 5.56 Å². The van der Waals surface area contributed by atoms with Crippen LogP contribution in [0.5, 0.6) is 5.88 Å². The lowest BCUT2D eigenvalue weighted by molar-refractivity contribution is -0.0297. The summed E-state index contributed by atoms with van der Waals surface area (Å²) in [4.78, 5) is 18.5. The topological polar surface area (TPSA) is 75.2 Å². The molecule has 0 unspecified atom stereocenters. The molecule has 5 heteroatoms. The largest absolute Gasteiger partial charge is 0.493 e. The fraction of sp³-hybridized carbons (Fsp3) is 0.667. The first-order valence-electron chi connectivity index (χ1n) is 5.92. The third-order valence-corrected chi connectivity index (χ3v) is 3.31. The highest BCUT2D eigenvalue weighted by atomic mass is 16.5. The quantitative estimate of drug-likeness (QED) is 0.821. The van der Waals surface area contributed by atoms with E-state index in [2.05, 4.69) is 9.97 Å². The van der Waals surface area contributed by atoms with Gasteiger partial charge >= 0.3 is 0 Å². The molecule has 0 aromatic carbocycles. The van der Waals surface area contributed by atoms with Crippen molar-refractivity contribution in [1.29, 1.82) is 0 Å². The van der Waals surface area contributed by atoms with Gasteiger partial charge in [-0.2, -0.15) is 4.98 Å². The molecule has 0 fully saturated rings. The molecule has 0 radical (unpaired) electrons. The maximum absolute atomic E-state index is 11.8. The highest BCUT2D eigenvalue weighted by Crippen LogP contribution is 2.30. The van der Waals surface area contributed by atoms with Gasteiger partial charge < -0.3 is 14.8 Å². The van der Waals surface area contributed by atoms with Gasteiger partial charge in [-0.3, -0.25) is 4.79 Å². The van der Waals surface area contributed by atoms with Crippen molar-refractivity contribution in [1.82, 2.24) is 9.97 Å². The van der Waals surface area contributed by atoms with E-state index in [4.69, 9.17) is 4.74 Å². The molecule has 1 aromatic heterocycles. The number of aromatic hydroxyl groups is 1. The summed E-state index contributed by atoms with van der Waals surface area (Å²) < 4.78 is 5.46. The van der Waals surface area contributed by atoms with Crippen molar-refractivity contribution in [2.75, 3.05) is 7.11 Å².